The van der Waals surface area contributed by atoms with Crippen molar-refractivity contribution >= 4 is 65.0 Å². The highest BCUT2D eigenvalue weighted by molar-refractivity contribution is 5.87. The first kappa shape index (κ1) is 82.6. The van der Waals surface area contributed by atoms with Gasteiger partial charge in [0, 0.05) is 77.8 Å². The number of ketones is 2. The fraction of sp³-hybridized carbons (Fsp3) is 0.814. The molecule has 10 N–H and O–H groups in total. The fourth-order valence-corrected chi connectivity index (χ4v) is 8.02. The summed E-state index contributed by atoms with van der Waals surface area (Å²) in [5, 5.41) is 57.8. The third kappa shape index (κ3) is 55.6. The minimum Gasteiger partial charge on any atom is -0.481 e. The number of Topliss-reactive ketones (excluding diaryl/α,β-unsaturated/α-hetero) is 2. The number of rotatable bonds is 55. The van der Waals surface area contributed by atoms with Crippen molar-refractivity contribution in [3.63, 3.8) is 0 Å². The first-order valence-electron chi connectivity index (χ1n) is 30.4. The molecular formula is C59H107N5O20. The van der Waals surface area contributed by atoms with Crippen LogP contribution in [0, 0.1) is 11.8 Å². The van der Waals surface area contributed by atoms with E-state index in [2.05, 4.69) is 38.2 Å². The number of carbonyl (C=O) groups is 11. The Morgan fingerprint density at radius 2 is 0.881 bits per heavy atom. The molecule has 0 aliphatic carbocycles. The van der Waals surface area contributed by atoms with Gasteiger partial charge in [-0.05, 0) is 57.8 Å². The molecule has 0 unspecified atom stereocenters. The van der Waals surface area contributed by atoms with Crippen molar-refractivity contribution in [3.05, 3.63) is 0 Å². The maximum absolute atomic E-state index is 12.2. The van der Waals surface area contributed by atoms with E-state index in [4.69, 9.17) is 24.4 Å². The van der Waals surface area contributed by atoms with Gasteiger partial charge in [-0.1, -0.05) is 111 Å². The van der Waals surface area contributed by atoms with E-state index >= 15 is 0 Å². The number of carboxylic acids is 4. The molecule has 488 valence electrons. The number of amides is 5. The van der Waals surface area contributed by atoms with Crippen LogP contribution in [-0.2, 0) is 71.7 Å². The Bertz CT molecular complexity index is 1810. The molecule has 0 heterocycles. The number of unbranched alkanes of at least 4 members (excludes halogenated alkanes) is 13. The Labute approximate surface area is 498 Å². The molecule has 0 radical (unpaired) electrons. The van der Waals surface area contributed by atoms with E-state index < -0.39 is 60.2 Å². The van der Waals surface area contributed by atoms with Gasteiger partial charge >= 0.3 is 23.9 Å². The molecule has 0 fully saturated rings. The minimum absolute atomic E-state index is 0.0163. The second kappa shape index (κ2) is 59.1. The van der Waals surface area contributed by atoms with Gasteiger partial charge in [0.05, 0.1) is 32.3 Å². The number of ether oxygens (including phenoxy) is 4. The van der Waals surface area contributed by atoms with Crippen LogP contribution in [0.1, 0.15) is 207 Å². The Kier molecular flexibility index (Phi) is 58.1. The van der Waals surface area contributed by atoms with Gasteiger partial charge in [-0.2, -0.15) is 0 Å². The van der Waals surface area contributed by atoms with E-state index in [1.54, 1.807) is 0 Å². The standard InChI is InChI=1S/C31H59N3O8.C23H38N2O10.C5H10O2/c1-3-5-6-7-8-9-10-11-12-13-14-15-16-29(36)34-27(31(38)39)17-18-28(35)32-19-23-41-24-25-42-26-30(37)33-20-22-40-21-4-2;1-3-15(19(28)13-26)6-4-5-11-24-20(29)10-8-18(23(33)34)25-21(30)9-7-16(22(31)32)12-17(27)14-35-2;1-2-3-4-5(6)7/h27H,3-26H2,1-2H3,(H,32,35)(H,33,37)(H,34,36)(H,38,39);15-16,18,26H,3-14H2,1-2H3,(H,24,29)(H,25,30)(H,31,32)(H,33,34);2-4H2,1H3,(H,6,7)/t27-;15-,16+,18-;/m00./s1. The zero-order chi connectivity index (χ0) is 63.6. The van der Waals surface area contributed by atoms with E-state index in [1.165, 1.54) is 64.9 Å². The second-order valence-corrected chi connectivity index (χ2v) is 20.4. The third-order valence-corrected chi connectivity index (χ3v) is 12.9. The minimum atomic E-state index is -1.32. The van der Waals surface area contributed by atoms with Gasteiger partial charge < -0.3 is 71.1 Å². The van der Waals surface area contributed by atoms with Crippen molar-refractivity contribution in [3.8, 4) is 0 Å². The molecule has 0 spiro atoms. The first-order valence-corrected chi connectivity index (χ1v) is 30.4. The summed E-state index contributed by atoms with van der Waals surface area (Å²) in [6.07, 6.45) is 19.3. The quantitative estimate of drug-likeness (QED) is 0.0328. The van der Waals surface area contributed by atoms with E-state index in [-0.39, 0.29) is 120 Å². The topological polar surface area (TPSA) is 386 Å². The molecule has 0 aromatic carbocycles. The molecule has 0 aliphatic rings. The molecule has 0 saturated heterocycles. The third-order valence-electron chi connectivity index (χ3n) is 12.9. The number of carbonyl (C=O) groups excluding carboxylic acids is 7. The maximum Gasteiger partial charge on any atom is 0.326 e. The van der Waals surface area contributed by atoms with Crippen molar-refractivity contribution in [2.24, 2.45) is 11.8 Å². The molecule has 25 nitrogen and oxygen atoms in total. The summed E-state index contributed by atoms with van der Waals surface area (Å²) in [5.74, 6) is -8.20. The normalized spacial score (nSPS) is 12.1. The van der Waals surface area contributed by atoms with Gasteiger partial charge in [0.25, 0.3) is 0 Å². The molecule has 4 atom stereocenters. The lowest BCUT2D eigenvalue weighted by Crippen LogP contribution is -2.42. The smallest absolute Gasteiger partial charge is 0.326 e. The highest BCUT2D eigenvalue weighted by atomic mass is 16.5. The van der Waals surface area contributed by atoms with Crippen LogP contribution in [-0.4, -0.2) is 182 Å². The van der Waals surface area contributed by atoms with Crippen LogP contribution < -0.4 is 26.6 Å². The average molecular weight is 1210 g/mol. The van der Waals surface area contributed by atoms with Gasteiger partial charge in [-0.15, -0.1) is 0 Å². The first-order chi connectivity index (χ1) is 40.2. The molecule has 0 saturated carbocycles. The summed E-state index contributed by atoms with van der Waals surface area (Å²) < 4.78 is 20.5. The number of hydrogen-bond donors (Lipinski definition) is 10. The second-order valence-electron chi connectivity index (χ2n) is 20.4. The molecule has 5 amide bonds. The fourth-order valence-electron chi connectivity index (χ4n) is 8.02. The highest BCUT2D eigenvalue weighted by Crippen LogP contribution is 2.16. The van der Waals surface area contributed by atoms with Gasteiger partial charge in [0.1, 0.15) is 31.9 Å². The Morgan fingerprint density at radius 1 is 0.405 bits per heavy atom. The summed E-state index contributed by atoms with van der Waals surface area (Å²) in [4.78, 5) is 127. The van der Waals surface area contributed by atoms with Gasteiger partial charge in [0.2, 0.25) is 29.5 Å². The highest BCUT2D eigenvalue weighted by Gasteiger charge is 2.26. The summed E-state index contributed by atoms with van der Waals surface area (Å²) in [5.41, 5.74) is 0. The Hall–Kier alpha value is -5.63. The lowest BCUT2D eigenvalue weighted by atomic mass is 9.95. The van der Waals surface area contributed by atoms with Crippen LogP contribution in [0.4, 0.5) is 0 Å². The van der Waals surface area contributed by atoms with Crippen molar-refractivity contribution in [2.45, 2.75) is 220 Å². The van der Waals surface area contributed by atoms with E-state index in [1.807, 2.05) is 20.8 Å². The molecule has 25 heteroatoms. The monoisotopic (exact) mass is 1210 g/mol. The number of hydrogen-bond acceptors (Lipinski definition) is 16. The average Bonchev–Trinajstić information content (AvgIpc) is 3.47. The molecule has 84 heavy (non-hydrogen) atoms. The van der Waals surface area contributed by atoms with Crippen LogP contribution in [0.3, 0.4) is 0 Å². The van der Waals surface area contributed by atoms with Crippen LogP contribution in [0.5, 0.6) is 0 Å². The number of nitrogens with one attached hydrogen (secondary N) is 5. The molecular weight excluding hydrogens is 1100 g/mol. The molecule has 0 aliphatic heterocycles. The lowest BCUT2D eigenvalue weighted by molar-refractivity contribution is -0.145. The van der Waals surface area contributed by atoms with E-state index in [9.17, 15) is 68.1 Å². The van der Waals surface area contributed by atoms with Gasteiger partial charge in [0.15, 0.2) is 11.6 Å². The van der Waals surface area contributed by atoms with Crippen LogP contribution in [0.15, 0.2) is 0 Å². The SMILES string of the molecule is CCCCC(=O)O.CCCCCCCCCCCCCCC(=O)N[C@@H](CCC(=O)NCCOCCOCC(=O)NCCOCCC)C(=O)O.CC[C@@H](CCCCNC(=O)CC[C@H](NC(=O)CC[C@H](CC(=O)COC)C(=O)O)C(=O)O)C(=O)CO. The number of methoxy groups -OCH3 is 1. The van der Waals surface area contributed by atoms with Crippen molar-refractivity contribution < 1.29 is 97.2 Å². The number of aliphatic hydroxyl groups excluding tert-OH is 1. The molecule has 0 aromatic rings. The predicted octanol–water partition coefficient (Wildman–Crippen LogP) is 5.68. The van der Waals surface area contributed by atoms with E-state index in [0.717, 1.165) is 38.5 Å². The summed E-state index contributed by atoms with van der Waals surface area (Å²) in [7, 11) is 1.30. The van der Waals surface area contributed by atoms with Gasteiger partial charge in [-0.25, -0.2) is 9.59 Å². The van der Waals surface area contributed by atoms with Gasteiger partial charge in [-0.3, -0.25) is 43.2 Å². The van der Waals surface area contributed by atoms with Crippen LogP contribution in [0.2, 0.25) is 0 Å². The van der Waals surface area contributed by atoms with E-state index in [0.29, 0.717) is 64.8 Å². The Balaban J connectivity index is -0.00000142. The summed E-state index contributed by atoms with van der Waals surface area (Å²) in [6.45, 7) is 10.3. The number of aliphatic carboxylic acids is 4. The zero-order valence-corrected chi connectivity index (χ0v) is 51.2. The predicted molar refractivity (Wildman–Crippen MR) is 314 cm³/mol. The lowest BCUT2D eigenvalue weighted by Gasteiger charge is -2.16. The zero-order valence-electron chi connectivity index (χ0n) is 51.2. The molecule has 0 bridgehead atoms. The summed E-state index contributed by atoms with van der Waals surface area (Å²) >= 11 is 0. The number of carboxylic acid groups (broad SMARTS) is 4. The molecule has 0 aromatic heterocycles. The largest absolute Gasteiger partial charge is 0.481 e. The van der Waals surface area contributed by atoms with Crippen molar-refractivity contribution in [1.29, 1.82) is 0 Å². The van der Waals surface area contributed by atoms with Crippen LogP contribution >= 0.6 is 0 Å². The van der Waals surface area contributed by atoms with Crippen molar-refractivity contribution in [1.82, 2.24) is 26.6 Å². The maximum atomic E-state index is 12.2. The number of aliphatic hydroxyl groups is 1. The molecule has 0 rings (SSSR count). The summed E-state index contributed by atoms with van der Waals surface area (Å²) in [6, 6.07) is -2.41. The Morgan fingerprint density at radius 3 is 1.35 bits per heavy atom. The van der Waals surface area contributed by atoms with Crippen LogP contribution in [0.25, 0.3) is 0 Å². The van der Waals surface area contributed by atoms with Crippen molar-refractivity contribution in [2.75, 3.05) is 79.6 Å².